The zero-order valence-electron chi connectivity index (χ0n) is 13.4. The monoisotopic (exact) mass is 340 g/mol. The molecule has 1 fully saturated rings. The van der Waals surface area contributed by atoms with Crippen LogP contribution >= 0.6 is 0 Å². The molecule has 1 aliphatic heterocycles. The molecule has 0 saturated carbocycles. The number of hydrogen-bond donors (Lipinski definition) is 2. The van der Waals surface area contributed by atoms with Gasteiger partial charge in [0.05, 0.1) is 18.5 Å². The van der Waals surface area contributed by atoms with Crippen LogP contribution in [-0.4, -0.2) is 49.7 Å². The van der Waals surface area contributed by atoms with Crippen LogP contribution in [0.25, 0.3) is 0 Å². The number of rotatable bonds is 6. The fourth-order valence-corrected chi connectivity index (χ4v) is 3.24. The van der Waals surface area contributed by atoms with E-state index in [9.17, 15) is 13.2 Å². The summed E-state index contributed by atoms with van der Waals surface area (Å²) in [6.45, 7) is 1.45. The number of nitrogens with zero attached hydrogens (tertiary/aromatic N) is 2. The molecule has 1 aliphatic rings. The zero-order chi connectivity index (χ0) is 16.7. The van der Waals surface area contributed by atoms with E-state index in [4.69, 9.17) is 0 Å². The molecule has 0 bridgehead atoms. The normalized spacial score (nSPS) is 18.7. The lowest BCUT2D eigenvalue weighted by Crippen LogP contribution is -2.49. The molecule has 23 heavy (non-hydrogen) atoms. The van der Waals surface area contributed by atoms with Gasteiger partial charge in [-0.1, -0.05) is 6.07 Å². The van der Waals surface area contributed by atoms with Crippen molar-refractivity contribution in [1.82, 2.24) is 19.9 Å². The van der Waals surface area contributed by atoms with Gasteiger partial charge in [-0.2, -0.15) is 0 Å². The van der Waals surface area contributed by atoms with E-state index in [2.05, 4.69) is 15.0 Å². The maximum absolute atomic E-state index is 12.4. The van der Waals surface area contributed by atoms with Crippen LogP contribution in [0, 0.1) is 0 Å². The van der Waals surface area contributed by atoms with Gasteiger partial charge in [0.2, 0.25) is 10.0 Å². The Bertz CT molecular complexity index is 606. The van der Waals surface area contributed by atoms with Crippen LogP contribution in [0.2, 0.25) is 0 Å². The van der Waals surface area contributed by atoms with Gasteiger partial charge in [-0.3, -0.25) is 4.98 Å². The second-order valence-electron chi connectivity index (χ2n) is 5.78. The third-order valence-corrected chi connectivity index (χ3v) is 4.61. The topological polar surface area (TPSA) is 91.4 Å². The number of aromatic nitrogens is 1. The van der Waals surface area contributed by atoms with Crippen molar-refractivity contribution in [2.24, 2.45) is 0 Å². The van der Waals surface area contributed by atoms with Gasteiger partial charge in [-0.25, -0.2) is 17.9 Å². The minimum absolute atomic E-state index is 0.0710. The molecule has 0 unspecified atom stereocenters. The SMILES string of the molecule is CS(=O)(=O)NCC[C@@H]1CCCCN1C(=O)NCc1ccccn1. The maximum atomic E-state index is 12.4. The van der Waals surface area contributed by atoms with Gasteiger partial charge >= 0.3 is 6.03 Å². The molecule has 2 amide bonds. The molecule has 1 aromatic rings. The van der Waals surface area contributed by atoms with Gasteiger partial charge in [-0.15, -0.1) is 0 Å². The molecule has 2 rings (SSSR count). The molecule has 1 atom stereocenters. The zero-order valence-corrected chi connectivity index (χ0v) is 14.2. The molecule has 2 heterocycles. The smallest absolute Gasteiger partial charge is 0.317 e. The number of hydrogen-bond acceptors (Lipinski definition) is 4. The molecule has 0 aromatic carbocycles. The fourth-order valence-electron chi connectivity index (χ4n) is 2.75. The van der Waals surface area contributed by atoms with Gasteiger partial charge in [-0.05, 0) is 37.8 Å². The maximum Gasteiger partial charge on any atom is 0.317 e. The number of nitrogens with one attached hydrogen (secondary N) is 2. The first kappa shape index (κ1) is 17.7. The first-order chi connectivity index (χ1) is 11.0. The van der Waals surface area contributed by atoms with Crippen LogP contribution < -0.4 is 10.0 Å². The highest BCUT2D eigenvalue weighted by Gasteiger charge is 2.26. The Labute approximate surface area is 137 Å². The Morgan fingerprint density at radius 3 is 2.91 bits per heavy atom. The molecule has 0 radical (unpaired) electrons. The average Bonchev–Trinajstić information content (AvgIpc) is 2.53. The first-order valence-corrected chi connectivity index (χ1v) is 9.74. The van der Waals surface area contributed by atoms with Gasteiger partial charge in [0.1, 0.15) is 0 Å². The third-order valence-electron chi connectivity index (χ3n) is 3.88. The largest absolute Gasteiger partial charge is 0.332 e. The highest BCUT2D eigenvalue weighted by molar-refractivity contribution is 7.88. The van der Waals surface area contributed by atoms with Crippen molar-refractivity contribution in [3.8, 4) is 0 Å². The molecule has 1 aromatic heterocycles. The van der Waals surface area contributed by atoms with Gasteiger partial charge in [0, 0.05) is 25.3 Å². The molecule has 2 N–H and O–H groups in total. The summed E-state index contributed by atoms with van der Waals surface area (Å²) in [5, 5.41) is 2.89. The Hall–Kier alpha value is -1.67. The van der Waals surface area contributed by atoms with Crippen molar-refractivity contribution in [2.75, 3.05) is 19.3 Å². The molecule has 0 spiro atoms. The van der Waals surface area contributed by atoms with Crippen LogP contribution in [0.4, 0.5) is 4.79 Å². The van der Waals surface area contributed by atoms with E-state index in [1.165, 1.54) is 0 Å². The summed E-state index contributed by atoms with van der Waals surface area (Å²) >= 11 is 0. The predicted molar refractivity (Wildman–Crippen MR) is 88.3 cm³/mol. The van der Waals surface area contributed by atoms with Gasteiger partial charge < -0.3 is 10.2 Å². The number of pyridine rings is 1. The summed E-state index contributed by atoms with van der Waals surface area (Å²) in [4.78, 5) is 18.4. The van der Waals surface area contributed by atoms with E-state index in [0.29, 0.717) is 26.1 Å². The third kappa shape index (κ3) is 6.15. The minimum Gasteiger partial charge on any atom is -0.332 e. The van der Waals surface area contributed by atoms with Gasteiger partial charge in [0.25, 0.3) is 0 Å². The highest BCUT2D eigenvalue weighted by Crippen LogP contribution is 2.19. The summed E-state index contributed by atoms with van der Waals surface area (Å²) < 4.78 is 24.8. The van der Waals surface area contributed by atoms with E-state index in [-0.39, 0.29) is 12.1 Å². The Kier molecular flexibility index (Phi) is 6.35. The summed E-state index contributed by atoms with van der Waals surface area (Å²) in [7, 11) is -3.19. The second kappa shape index (κ2) is 8.26. The molecular weight excluding hydrogens is 316 g/mol. The number of likely N-dealkylation sites (tertiary alicyclic amines) is 1. The summed E-state index contributed by atoms with van der Waals surface area (Å²) in [5.41, 5.74) is 0.813. The number of sulfonamides is 1. The number of urea groups is 1. The van der Waals surface area contributed by atoms with Crippen LogP contribution in [0.1, 0.15) is 31.4 Å². The van der Waals surface area contributed by atoms with Crippen LogP contribution in [0.15, 0.2) is 24.4 Å². The lowest BCUT2D eigenvalue weighted by molar-refractivity contribution is 0.146. The minimum atomic E-state index is -3.19. The number of carbonyl (C=O) groups is 1. The van der Waals surface area contributed by atoms with E-state index < -0.39 is 10.0 Å². The number of carbonyl (C=O) groups excluding carboxylic acids is 1. The quantitative estimate of drug-likeness (QED) is 0.811. The summed E-state index contributed by atoms with van der Waals surface area (Å²) in [6, 6.07) is 5.54. The van der Waals surface area contributed by atoms with Crippen LogP contribution in [0.5, 0.6) is 0 Å². The first-order valence-electron chi connectivity index (χ1n) is 7.85. The van der Waals surface area contributed by atoms with Crippen molar-refractivity contribution in [1.29, 1.82) is 0 Å². The molecule has 0 aliphatic carbocycles. The fraction of sp³-hybridized carbons (Fsp3) is 0.600. The number of piperidine rings is 1. The van der Waals surface area contributed by atoms with Crippen molar-refractivity contribution in [3.63, 3.8) is 0 Å². The average molecular weight is 340 g/mol. The predicted octanol–water partition coefficient (Wildman–Crippen LogP) is 1.08. The van der Waals surface area contributed by atoms with Crippen LogP contribution in [0.3, 0.4) is 0 Å². The Morgan fingerprint density at radius 2 is 2.22 bits per heavy atom. The van der Waals surface area contributed by atoms with Crippen molar-refractivity contribution in [3.05, 3.63) is 30.1 Å². The molecule has 128 valence electrons. The Balaban J connectivity index is 1.85. The van der Waals surface area contributed by atoms with Gasteiger partial charge in [0.15, 0.2) is 0 Å². The lowest BCUT2D eigenvalue weighted by atomic mass is 10.00. The second-order valence-corrected chi connectivity index (χ2v) is 7.61. The molecular formula is C15H24N4O3S. The lowest BCUT2D eigenvalue weighted by Gasteiger charge is -2.35. The molecule has 1 saturated heterocycles. The standard InChI is InChI=1S/C15H24N4O3S/c1-23(21,22)18-10-8-14-7-3-5-11-19(14)15(20)17-12-13-6-2-4-9-16-13/h2,4,6,9,14,18H,3,5,7-8,10-12H2,1H3,(H,17,20)/t14-/m0/s1. The molecule has 7 nitrogen and oxygen atoms in total. The van der Waals surface area contributed by atoms with Crippen molar-refractivity contribution < 1.29 is 13.2 Å². The van der Waals surface area contributed by atoms with Crippen molar-refractivity contribution in [2.45, 2.75) is 38.3 Å². The highest BCUT2D eigenvalue weighted by atomic mass is 32.2. The van der Waals surface area contributed by atoms with Crippen molar-refractivity contribution >= 4 is 16.1 Å². The van der Waals surface area contributed by atoms with E-state index in [0.717, 1.165) is 31.2 Å². The summed E-state index contributed by atoms with van der Waals surface area (Å²) in [5.74, 6) is 0. The molecule has 8 heteroatoms. The Morgan fingerprint density at radius 1 is 1.39 bits per heavy atom. The van der Waals surface area contributed by atoms with E-state index >= 15 is 0 Å². The number of amides is 2. The van der Waals surface area contributed by atoms with Crippen LogP contribution in [-0.2, 0) is 16.6 Å². The van der Waals surface area contributed by atoms with E-state index in [1.54, 1.807) is 6.20 Å². The van der Waals surface area contributed by atoms with E-state index in [1.807, 2.05) is 23.1 Å². The summed E-state index contributed by atoms with van der Waals surface area (Å²) in [6.07, 6.45) is 6.42.